The lowest BCUT2D eigenvalue weighted by atomic mass is 10.0. The number of aromatic nitrogens is 2. The van der Waals surface area contributed by atoms with E-state index in [1.54, 1.807) is 17.0 Å². The Morgan fingerprint density at radius 3 is 2.68 bits per heavy atom. The molecule has 2 rings (SSSR count). The van der Waals surface area contributed by atoms with Crippen LogP contribution < -0.4 is 4.74 Å². The quantitative estimate of drug-likeness (QED) is 0.721. The van der Waals surface area contributed by atoms with Crippen molar-refractivity contribution in [3.8, 4) is 5.88 Å². The van der Waals surface area contributed by atoms with Crippen LogP contribution in [0.2, 0.25) is 5.15 Å². The highest BCUT2D eigenvalue weighted by atomic mass is 35.5. The zero-order valence-corrected chi connectivity index (χ0v) is 16.5. The Balaban J connectivity index is 1.76. The summed E-state index contributed by atoms with van der Waals surface area (Å²) in [5, 5.41) is 8.01. The number of hydrogen-bond acceptors (Lipinski definition) is 5. The summed E-state index contributed by atoms with van der Waals surface area (Å²) in [6.45, 7) is 11.8. The summed E-state index contributed by atoms with van der Waals surface area (Å²) in [5.74, 6) is 0.949. The molecule has 0 N–H and O–H groups in total. The average Bonchev–Trinajstić information content (AvgIpc) is 3.16. The number of carbonyl (C=O) groups is 1. The minimum Gasteiger partial charge on any atom is -0.476 e. The van der Waals surface area contributed by atoms with E-state index in [0.717, 1.165) is 12.8 Å². The molecular formula is C18H28ClN3O3. The van der Waals surface area contributed by atoms with Gasteiger partial charge >= 0.3 is 6.09 Å². The first kappa shape index (κ1) is 19.8. The number of carbonyl (C=O) groups excluding carboxylic acids is 1. The third kappa shape index (κ3) is 6.03. The molecule has 1 aromatic rings. The van der Waals surface area contributed by atoms with E-state index in [0.29, 0.717) is 36.6 Å². The first-order valence-corrected chi connectivity index (χ1v) is 9.11. The number of amides is 1. The summed E-state index contributed by atoms with van der Waals surface area (Å²) in [5.41, 5.74) is -0.279. The SMILES string of the molecule is CCN(CCC1(C)CC1COc1ccc(Cl)nn1)C(=O)OC(C)(C)C. The van der Waals surface area contributed by atoms with Crippen LogP contribution in [0.4, 0.5) is 4.79 Å². The predicted octanol–water partition coefficient (Wildman–Crippen LogP) is 4.18. The molecule has 1 fully saturated rings. The van der Waals surface area contributed by atoms with Gasteiger partial charge in [-0.05, 0) is 57.9 Å². The number of rotatable bonds is 7. The highest BCUT2D eigenvalue weighted by Gasteiger charge is 2.50. The van der Waals surface area contributed by atoms with Crippen molar-refractivity contribution in [3.63, 3.8) is 0 Å². The molecule has 6 nitrogen and oxygen atoms in total. The van der Waals surface area contributed by atoms with Gasteiger partial charge in [-0.15, -0.1) is 10.2 Å². The molecule has 1 aromatic heterocycles. The van der Waals surface area contributed by atoms with Gasteiger partial charge in [0, 0.05) is 19.2 Å². The lowest BCUT2D eigenvalue weighted by molar-refractivity contribution is 0.0248. The highest BCUT2D eigenvalue weighted by molar-refractivity contribution is 6.29. The van der Waals surface area contributed by atoms with Gasteiger partial charge in [-0.3, -0.25) is 0 Å². The number of nitrogens with zero attached hydrogens (tertiary/aromatic N) is 3. The van der Waals surface area contributed by atoms with Gasteiger partial charge in [-0.1, -0.05) is 18.5 Å². The summed E-state index contributed by atoms with van der Waals surface area (Å²) >= 11 is 5.71. The molecule has 1 aliphatic carbocycles. The maximum absolute atomic E-state index is 12.2. The molecule has 0 spiro atoms. The van der Waals surface area contributed by atoms with Crippen LogP contribution in [0.3, 0.4) is 0 Å². The van der Waals surface area contributed by atoms with Gasteiger partial charge < -0.3 is 14.4 Å². The van der Waals surface area contributed by atoms with Crippen molar-refractivity contribution >= 4 is 17.7 Å². The fraction of sp³-hybridized carbons (Fsp3) is 0.722. The maximum Gasteiger partial charge on any atom is 0.410 e. The Morgan fingerprint density at radius 2 is 2.12 bits per heavy atom. The maximum atomic E-state index is 12.2. The van der Waals surface area contributed by atoms with Crippen LogP contribution in [-0.4, -0.2) is 46.5 Å². The minimum atomic E-state index is -0.468. The van der Waals surface area contributed by atoms with Gasteiger partial charge in [-0.25, -0.2) is 4.79 Å². The average molecular weight is 370 g/mol. The molecule has 1 saturated carbocycles. The van der Waals surface area contributed by atoms with Gasteiger partial charge in [-0.2, -0.15) is 0 Å². The van der Waals surface area contributed by atoms with Gasteiger partial charge in [0.25, 0.3) is 0 Å². The van der Waals surface area contributed by atoms with E-state index in [9.17, 15) is 4.79 Å². The first-order valence-electron chi connectivity index (χ1n) is 8.73. The van der Waals surface area contributed by atoms with Crippen molar-refractivity contribution < 1.29 is 14.3 Å². The van der Waals surface area contributed by atoms with Crippen LogP contribution in [0.15, 0.2) is 12.1 Å². The molecule has 7 heteroatoms. The molecule has 0 saturated heterocycles. The van der Waals surface area contributed by atoms with Crippen molar-refractivity contribution in [2.75, 3.05) is 19.7 Å². The lowest BCUT2D eigenvalue weighted by Gasteiger charge is -2.27. The van der Waals surface area contributed by atoms with Crippen molar-refractivity contribution in [1.29, 1.82) is 0 Å². The Bertz CT molecular complexity index is 588. The van der Waals surface area contributed by atoms with Gasteiger partial charge in [0.05, 0.1) is 6.61 Å². The Hall–Kier alpha value is -1.56. The Labute approximate surface area is 154 Å². The van der Waals surface area contributed by atoms with Crippen LogP contribution >= 0.6 is 11.6 Å². The predicted molar refractivity (Wildman–Crippen MR) is 96.8 cm³/mol. The molecule has 0 aromatic carbocycles. The van der Waals surface area contributed by atoms with E-state index in [4.69, 9.17) is 21.1 Å². The van der Waals surface area contributed by atoms with Crippen molar-refractivity contribution in [1.82, 2.24) is 15.1 Å². The van der Waals surface area contributed by atoms with Gasteiger partial charge in [0.1, 0.15) is 5.60 Å². The molecule has 2 unspecified atom stereocenters. The fourth-order valence-corrected chi connectivity index (χ4v) is 2.83. The third-order valence-electron chi connectivity index (χ3n) is 4.56. The summed E-state index contributed by atoms with van der Waals surface area (Å²) < 4.78 is 11.1. The van der Waals surface area contributed by atoms with Crippen LogP contribution in [0.1, 0.15) is 47.5 Å². The monoisotopic (exact) mass is 369 g/mol. The molecule has 140 valence electrons. The van der Waals surface area contributed by atoms with Crippen molar-refractivity contribution in [2.45, 2.75) is 53.1 Å². The van der Waals surface area contributed by atoms with Crippen molar-refractivity contribution in [2.24, 2.45) is 11.3 Å². The smallest absolute Gasteiger partial charge is 0.410 e. The largest absolute Gasteiger partial charge is 0.476 e. The minimum absolute atomic E-state index is 0.190. The molecule has 1 aliphatic rings. The van der Waals surface area contributed by atoms with E-state index >= 15 is 0 Å². The van der Waals surface area contributed by atoms with E-state index < -0.39 is 5.60 Å². The summed E-state index contributed by atoms with van der Waals surface area (Å²) in [4.78, 5) is 14.0. The summed E-state index contributed by atoms with van der Waals surface area (Å²) in [7, 11) is 0. The molecule has 2 atom stereocenters. The molecular weight excluding hydrogens is 342 g/mol. The molecule has 1 amide bonds. The Morgan fingerprint density at radius 1 is 1.40 bits per heavy atom. The first-order chi connectivity index (χ1) is 11.6. The normalized spacial score (nSPS) is 22.4. The third-order valence-corrected chi connectivity index (χ3v) is 4.77. The van der Waals surface area contributed by atoms with Gasteiger partial charge in [0.15, 0.2) is 5.15 Å². The van der Waals surface area contributed by atoms with Crippen LogP contribution in [0, 0.1) is 11.3 Å². The number of hydrogen-bond donors (Lipinski definition) is 0. The zero-order chi connectivity index (χ0) is 18.7. The molecule has 1 heterocycles. The molecule has 0 bridgehead atoms. The zero-order valence-electron chi connectivity index (χ0n) is 15.7. The van der Waals surface area contributed by atoms with Crippen LogP contribution in [-0.2, 0) is 4.74 Å². The molecule has 0 radical (unpaired) electrons. The molecule has 25 heavy (non-hydrogen) atoms. The van der Waals surface area contributed by atoms with E-state index in [1.807, 2.05) is 27.7 Å². The highest BCUT2D eigenvalue weighted by Crippen LogP contribution is 2.54. The van der Waals surface area contributed by atoms with Crippen LogP contribution in [0.5, 0.6) is 5.88 Å². The summed E-state index contributed by atoms with van der Waals surface area (Å²) in [6, 6.07) is 3.38. The van der Waals surface area contributed by atoms with E-state index in [2.05, 4.69) is 17.1 Å². The number of halogens is 1. The van der Waals surface area contributed by atoms with E-state index in [1.165, 1.54) is 0 Å². The molecule has 0 aliphatic heterocycles. The fourth-order valence-electron chi connectivity index (χ4n) is 2.73. The Kier molecular flexibility index (Phi) is 6.14. The second-order valence-electron chi connectivity index (χ2n) is 7.87. The number of ether oxygens (including phenoxy) is 2. The van der Waals surface area contributed by atoms with Crippen molar-refractivity contribution in [3.05, 3.63) is 17.3 Å². The lowest BCUT2D eigenvalue weighted by Crippen LogP contribution is -2.38. The van der Waals surface area contributed by atoms with Crippen LogP contribution in [0.25, 0.3) is 0 Å². The summed E-state index contributed by atoms with van der Waals surface area (Å²) in [6.07, 6.45) is 1.77. The second kappa shape index (κ2) is 7.77. The van der Waals surface area contributed by atoms with Gasteiger partial charge in [0.2, 0.25) is 5.88 Å². The topological polar surface area (TPSA) is 64.5 Å². The standard InChI is InChI=1S/C18H28ClN3O3/c1-6-22(16(23)25-17(2,3)4)10-9-18(5)11-13(18)12-24-15-8-7-14(19)20-21-15/h7-8,13H,6,9-12H2,1-5H3. The van der Waals surface area contributed by atoms with E-state index in [-0.39, 0.29) is 11.5 Å². The second-order valence-corrected chi connectivity index (χ2v) is 8.26.